The molecule has 0 spiro atoms. The van der Waals surface area contributed by atoms with Gasteiger partial charge < -0.3 is 10.3 Å². The lowest BCUT2D eigenvalue weighted by Crippen LogP contribution is -2.40. The van der Waals surface area contributed by atoms with Gasteiger partial charge in [0.25, 0.3) is 0 Å². The molecule has 0 bridgehead atoms. The lowest BCUT2D eigenvalue weighted by atomic mass is 9.87. The van der Waals surface area contributed by atoms with Crippen molar-refractivity contribution in [2.75, 3.05) is 0 Å². The molecule has 2 unspecified atom stereocenters. The Bertz CT molecular complexity index is 529. The van der Waals surface area contributed by atoms with Crippen molar-refractivity contribution < 1.29 is 8.42 Å². The summed E-state index contributed by atoms with van der Waals surface area (Å²) in [5.74, 6) is 0.403. The highest BCUT2D eigenvalue weighted by Crippen LogP contribution is 2.25. The third-order valence-corrected chi connectivity index (χ3v) is 5.70. The molecule has 1 heterocycles. The summed E-state index contributed by atoms with van der Waals surface area (Å²) in [6, 6.07) is 1.74. The van der Waals surface area contributed by atoms with Crippen LogP contribution in [0.5, 0.6) is 0 Å². The number of nitrogens with zero attached hydrogens (tertiary/aromatic N) is 1. The second-order valence-corrected chi connectivity index (χ2v) is 7.36. The van der Waals surface area contributed by atoms with Crippen LogP contribution in [0.4, 0.5) is 0 Å². The molecule has 114 valence electrons. The van der Waals surface area contributed by atoms with E-state index < -0.39 is 10.0 Å². The van der Waals surface area contributed by atoms with Crippen molar-refractivity contribution in [3.63, 3.8) is 0 Å². The fraction of sp³-hybridized carbons (Fsp3) is 0.714. The average molecular weight is 299 g/mol. The van der Waals surface area contributed by atoms with Gasteiger partial charge in [-0.3, -0.25) is 0 Å². The summed E-state index contributed by atoms with van der Waals surface area (Å²) < 4.78 is 29.7. The lowest BCUT2D eigenvalue weighted by Gasteiger charge is -2.29. The number of rotatable bonds is 5. The van der Waals surface area contributed by atoms with E-state index >= 15 is 0 Å². The minimum atomic E-state index is -3.44. The van der Waals surface area contributed by atoms with Gasteiger partial charge in [-0.05, 0) is 31.7 Å². The van der Waals surface area contributed by atoms with Crippen LogP contribution in [-0.4, -0.2) is 19.0 Å². The van der Waals surface area contributed by atoms with Crippen LogP contribution in [0.15, 0.2) is 17.2 Å². The molecule has 20 heavy (non-hydrogen) atoms. The zero-order valence-electron chi connectivity index (χ0n) is 12.3. The maximum atomic E-state index is 12.5. The molecule has 0 saturated heterocycles. The highest BCUT2D eigenvalue weighted by atomic mass is 32.2. The number of sulfonamides is 1. The van der Waals surface area contributed by atoms with E-state index in [1.807, 2.05) is 11.5 Å². The second kappa shape index (κ2) is 6.28. The summed E-state index contributed by atoms with van der Waals surface area (Å²) in [7, 11) is -3.44. The van der Waals surface area contributed by atoms with E-state index in [-0.39, 0.29) is 6.04 Å². The maximum Gasteiger partial charge on any atom is 0.242 e. The normalized spacial score (nSPS) is 23.9. The SMILES string of the molecule is CCn1cc(S(=O)(=O)NC2CCCCC2C)cc1CN. The number of nitrogens with one attached hydrogen (secondary N) is 1. The third-order valence-electron chi connectivity index (χ3n) is 4.24. The van der Waals surface area contributed by atoms with Gasteiger partial charge in [0.15, 0.2) is 0 Å². The summed E-state index contributed by atoms with van der Waals surface area (Å²) in [6.45, 7) is 5.17. The summed E-state index contributed by atoms with van der Waals surface area (Å²) in [6.07, 6.45) is 6.00. The van der Waals surface area contributed by atoms with Crippen LogP contribution in [0, 0.1) is 5.92 Å². The largest absolute Gasteiger partial charge is 0.349 e. The zero-order chi connectivity index (χ0) is 14.8. The first-order valence-corrected chi connectivity index (χ1v) is 8.87. The molecule has 1 saturated carbocycles. The van der Waals surface area contributed by atoms with E-state index in [1.165, 1.54) is 6.42 Å². The molecule has 0 aromatic carbocycles. The van der Waals surface area contributed by atoms with Crippen LogP contribution in [-0.2, 0) is 23.1 Å². The van der Waals surface area contributed by atoms with Gasteiger partial charge in [0.1, 0.15) is 0 Å². The van der Waals surface area contributed by atoms with E-state index in [1.54, 1.807) is 12.3 Å². The zero-order valence-corrected chi connectivity index (χ0v) is 13.1. The van der Waals surface area contributed by atoms with Crippen molar-refractivity contribution in [2.45, 2.75) is 63.6 Å². The Morgan fingerprint density at radius 3 is 2.65 bits per heavy atom. The molecule has 0 radical (unpaired) electrons. The molecule has 2 rings (SSSR count). The Kier molecular flexibility index (Phi) is 4.88. The average Bonchev–Trinajstić information content (AvgIpc) is 2.85. The molecule has 5 nitrogen and oxygen atoms in total. The number of aryl methyl sites for hydroxylation is 1. The van der Waals surface area contributed by atoms with Crippen molar-refractivity contribution in [1.29, 1.82) is 0 Å². The number of hydrogen-bond donors (Lipinski definition) is 2. The molecule has 1 aromatic rings. The maximum absolute atomic E-state index is 12.5. The quantitative estimate of drug-likeness (QED) is 0.870. The lowest BCUT2D eigenvalue weighted by molar-refractivity contribution is 0.310. The first kappa shape index (κ1) is 15.5. The van der Waals surface area contributed by atoms with Crippen LogP contribution in [0.2, 0.25) is 0 Å². The molecule has 0 aliphatic heterocycles. The van der Waals surface area contributed by atoms with Crippen LogP contribution < -0.4 is 10.5 Å². The fourth-order valence-electron chi connectivity index (χ4n) is 2.90. The molecular weight excluding hydrogens is 274 g/mol. The monoisotopic (exact) mass is 299 g/mol. The van der Waals surface area contributed by atoms with Crippen molar-refractivity contribution in [2.24, 2.45) is 11.7 Å². The molecule has 1 fully saturated rings. The van der Waals surface area contributed by atoms with Gasteiger partial charge in [0.2, 0.25) is 10.0 Å². The van der Waals surface area contributed by atoms with Gasteiger partial charge >= 0.3 is 0 Å². The van der Waals surface area contributed by atoms with Gasteiger partial charge in [0.05, 0.1) is 4.90 Å². The van der Waals surface area contributed by atoms with Gasteiger partial charge in [-0.25, -0.2) is 13.1 Å². The van der Waals surface area contributed by atoms with Crippen LogP contribution in [0.1, 0.15) is 45.2 Å². The molecule has 3 N–H and O–H groups in total. The molecule has 0 amide bonds. The number of hydrogen-bond acceptors (Lipinski definition) is 3. The van der Waals surface area contributed by atoms with Crippen molar-refractivity contribution >= 4 is 10.0 Å². The second-order valence-electron chi connectivity index (χ2n) is 5.65. The molecule has 1 aromatic heterocycles. The Labute approximate surface area is 121 Å². The Balaban J connectivity index is 2.19. The van der Waals surface area contributed by atoms with Gasteiger partial charge in [-0.2, -0.15) is 0 Å². The fourth-order valence-corrected chi connectivity index (χ4v) is 4.34. The Morgan fingerprint density at radius 2 is 2.10 bits per heavy atom. The smallest absolute Gasteiger partial charge is 0.242 e. The summed E-state index contributed by atoms with van der Waals surface area (Å²) in [5, 5.41) is 0. The van der Waals surface area contributed by atoms with Gasteiger partial charge in [0, 0.05) is 31.0 Å². The summed E-state index contributed by atoms with van der Waals surface area (Å²) >= 11 is 0. The van der Waals surface area contributed by atoms with Crippen molar-refractivity contribution in [3.8, 4) is 0 Å². The molecule has 1 aliphatic rings. The topological polar surface area (TPSA) is 77.1 Å². The van der Waals surface area contributed by atoms with E-state index in [0.29, 0.717) is 17.4 Å². The van der Waals surface area contributed by atoms with Gasteiger partial charge in [-0.15, -0.1) is 0 Å². The van der Waals surface area contributed by atoms with E-state index in [4.69, 9.17) is 5.73 Å². The number of nitrogens with two attached hydrogens (primary N) is 1. The van der Waals surface area contributed by atoms with Crippen molar-refractivity contribution in [1.82, 2.24) is 9.29 Å². The van der Waals surface area contributed by atoms with Crippen LogP contribution in [0.3, 0.4) is 0 Å². The summed E-state index contributed by atoms with van der Waals surface area (Å²) in [5.41, 5.74) is 6.50. The van der Waals surface area contributed by atoms with E-state index in [0.717, 1.165) is 31.5 Å². The highest BCUT2D eigenvalue weighted by Gasteiger charge is 2.27. The minimum Gasteiger partial charge on any atom is -0.349 e. The Morgan fingerprint density at radius 1 is 1.40 bits per heavy atom. The molecule has 2 atom stereocenters. The predicted molar refractivity (Wildman–Crippen MR) is 79.7 cm³/mol. The summed E-state index contributed by atoms with van der Waals surface area (Å²) in [4.78, 5) is 0.331. The predicted octanol–water partition coefficient (Wildman–Crippen LogP) is 1.82. The van der Waals surface area contributed by atoms with Crippen LogP contribution in [0.25, 0.3) is 0 Å². The molecule has 6 heteroatoms. The van der Waals surface area contributed by atoms with Gasteiger partial charge in [-0.1, -0.05) is 19.8 Å². The van der Waals surface area contributed by atoms with Crippen LogP contribution >= 0.6 is 0 Å². The van der Waals surface area contributed by atoms with Crippen molar-refractivity contribution in [3.05, 3.63) is 18.0 Å². The minimum absolute atomic E-state index is 0.0556. The first-order chi connectivity index (χ1) is 9.47. The highest BCUT2D eigenvalue weighted by molar-refractivity contribution is 7.89. The first-order valence-electron chi connectivity index (χ1n) is 7.39. The third kappa shape index (κ3) is 3.24. The standard InChI is InChI=1S/C14H25N3O2S/c1-3-17-10-13(8-12(17)9-15)20(18,19)16-14-7-5-4-6-11(14)2/h8,10-11,14,16H,3-7,9,15H2,1-2H3. The molecule has 1 aliphatic carbocycles. The van der Waals surface area contributed by atoms with E-state index in [2.05, 4.69) is 11.6 Å². The molecular formula is C14H25N3O2S. The van der Waals surface area contributed by atoms with E-state index in [9.17, 15) is 8.42 Å². The Hall–Kier alpha value is -0.850. The number of aromatic nitrogens is 1.